The molecule has 0 aliphatic carbocycles. The topological polar surface area (TPSA) is 67.4 Å². The van der Waals surface area contributed by atoms with Crippen molar-refractivity contribution in [2.75, 3.05) is 20.2 Å². The van der Waals surface area contributed by atoms with Crippen molar-refractivity contribution < 1.29 is 23.1 Å². The fraction of sp³-hybridized carbons (Fsp3) is 0.750. The summed E-state index contributed by atoms with van der Waals surface area (Å²) in [7, 11) is 1.16. The number of rotatable bonds is 6. The molecule has 0 aliphatic rings. The normalized spacial score (nSPS) is 12.3. The summed E-state index contributed by atoms with van der Waals surface area (Å²) in [4.78, 5) is 21.7. The fourth-order valence-corrected chi connectivity index (χ4v) is 0.918. The van der Waals surface area contributed by atoms with Crippen LogP contribution in [0, 0.1) is 0 Å². The summed E-state index contributed by atoms with van der Waals surface area (Å²) in [5.41, 5.74) is 0. The molecular weight excluding hydrogens is 210 g/mol. The number of nitrogens with one attached hydrogen (secondary N) is 2. The molecule has 15 heavy (non-hydrogen) atoms. The maximum atomic E-state index is 11.8. The molecule has 1 amide bonds. The number of hydrogen-bond donors (Lipinski definition) is 2. The highest BCUT2D eigenvalue weighted by molar-refractivity contribution is 5.83. The number of halogens is 2. The highest BCUT2D eigenvalue weighted by atomic mass is 19.3. The molecule has 0 aromatic heterocycles. The second-order valence-electron chi connectivity index (χ2n) is 2.83. The van der Waals surface area contributed by atoms with Crippen molar-refractivity contribution in [3.63, 3.8) is 0 Å². The molecule has 0 saturated carbocycles. The summed E-state index contributed by atoms with van der Waals surface area (Å²) in [6, 6.07) is -0.939. The summed E-state index contributed by atoms with van der Waals surface area (Å²) in [5, 5.41) is 4.62. The van der Waals surface area contributed by atoms with E-state index in [1.807, 2.05) is 0 Å². The van der Waals surface area contributed by atoms with E-state index in [0.29, 0.717) is 0 Å². The second kappa shape index (κ2) is 7.10. The number of esters is 1. The van der Waals surface area contributed by atoms with Crippen molar-refractivity contribution in [2.24, 2.45) is 0 Å². The molecule has 0 heterocycles. The number of carbonyl (C=O) groups is 2. The van der Waals surface area contributed by atoms with Crippen molar-refractivity contribution in [2.45, 2.75) is 19.4 Å². The minimum absolute atomic E-state index is 0.0867. The lowest BCUT2D eigenvalue weighted by Gasteiger charge is -2.15. The zero-order valence-electron chi connectivity index (χ0n) is 8.55. The highest BCUT2D eigenvalue weighted by Gasteiger charge is 2.19. The van der Waals surface area contributed by atoms with E-state index in [-0.39, 0.29) is 6.54 Å². The molecule has 7 heteroatoms. The Morgan fingerprint density at radius 1 is 1.33 bits per heavy atom. The maximum absolute atomic E-state index is 11.8. The molecule has 2 N–H and O–H groups in total. The molecule has 0 bridgehead atoms. The Kier molecular flexibility index (Phi) is 6.52. The van der Waals surface area contributed by atoms with E-state index in [4.69, 9.17) is 0 Å². The summed E-state index contributed by atoms with van der Waals surface area (Å²) < 4.78 is 27.9. The standard InChI is InChI=1S/C8H14F2N2O3/c1-5(13)12-6(8(14)15-2)3-11-4-7(9)10/h6-7,11H,3-4H2,1-2H3,(H,12,13). The van der Waals surface area contributed by atoms with Crippen LogP contribution < -0.4 is 10.6 Å². The molecule has 0 aromatic rings. The molecule has 0 aliphatic heterocycles. The zero-order chi connectivity index (χ0) is 11.8. The molecular formula is C8H14F2N2O3. The largest absolute Gasteiger partial charge is 0.467 e. The van der Waals surface area contributed by atoms with E-state index >= 15 is 0 Å². The number of methoxy groups -OCH3 is 1. The predicted molar refractivity (Wildman–Crippen MR) is 48.5 cm³/mol. The van der Waals surface area contributed by atoms with E-state index in [1.165, 1.54) is 6.92 Å². The minimum Gasteiger partial charge on any atom is -0.467 e. The van der Waals surface area contributed by atoms with Crippen LogP contribution >= 0.6 is 0 Å². The Hall–Kier alpha value is -1.24. The van der Waals surface area contributed by atoms with E-state index in [1.54, 1.807) is 0 Å². The van der Waals surface area contributed by atoms with E-state index < -0.39 is 30.9 Å². The van der Waals surface area contributed by atoms with Crippen LogP contribution in [0.2, 0.25) is 0 Å². The summed E-state index contributed by atoms with van der Waals surface area (Å²) in [5.74, 6) is -1.10. The van der Waals surface area contributed by atoms with Crippen molar-refractivity contribution >= 4 is 11.9 Å². The Morgan fingerprint density at radius 3 is 2.33 bits per heavy atom. The minimum atomic E-state index is -2.50. The summed E-state index contributed by atoms with van der Waals surface area (Å²) in [6.45, 7) is 0.604. The third kappa shape index (κ3) is 6.78. The van der Waals surface area contributed by atoms with Gasteiger partial charge in [-0.25, -0.2) is 13.6 Å². The van der Waals surface area contributed by atoms with E-state index in [9.17, 15) is 18.4 Å². The molecule has 0 saturated heterocycles. The van der Waals surface area contributed by atoms with Crippen LogP contribution in [-0.4, -0.2) is 44.5 Å². The summed E-state index contributed by atoms with van der Waals surface area (Å²) in [6.07, 6.45) is -2.50. The van der Waals surface area contributed by atoms with Crippen molar-refractivity contribution in [1.29, 1.82) is 0 Å². The lowest BCUT2D eigenvalue weighted by atomic mass is 10.3. The molecule has 0 spiro atoms. The van der Waals surface area contributed by atoms with Gasteiger partial charge in [0.1, 0.15) is 6.04 Å². The van der Waals surface area contributed by atoms with Crippen molar-refractivity contribution in [1.82, 2.24) is 10.6 Å². The Morgan fingerprint density at radius 2 is 1.93 bits per heavy atom. The summed E-state index contributed by atoms with van der Waals surface area (Å²) >= 11 is 0. The van der Waals surface area contributed by atoms with Crippen LogP contribution in [0.5, 0.6) is 0 Å². The Labute approximate surface area is 86.2 Å². The first-order chi connectivity index (χ1) is 6.97. The van der Waals surface area contributed by atoms with Crippen LogP contribution in [0.1, 0.15) is 6.92 Å². The average Bonchev–Trinajstić information content (AvgIpc) is 2.14. The lowest BCUT2D eigenvalue weighted by molar-refractivity contribution is -0.144. The van der Waals surface area contributed by atoms with E-state index in [2.05, 4.69) is 15.4 Å². The number of ether oxygens (including phenoxy) is 1. The molecule has 88 valence electrons. The van der Waals surface area contributed by atoms with Crippen LogP contribution in [0.25, 0.3) is 0 Å². The van der Waals surface area contributed by atoms with Gasteiger partial charge in [0, 0.05) is 13.5 Å². The van der Waals surface area contributed by atoms with Crippen molar-refractivity contribution in [3.8, 4) is 0 Å². The van der Waals surface area contributed by atoms with Gasteiger partial charge >= 0.3 is 5.97 Å². The van der Waals surface area contributed by atoms with Crippen LogP contribution in [0.3, 0.4) is 0 Å². The molecule has 1 atom stereocenters. The lowest BCUT2D eigenvalue weighted by Crippen LogP contribution is -2.47. The van der Waals surface area contributed by atoms with Gasteiger partial charge in [-0.3, -0.25) is 4.79 Å². The number of amides is 1. The number of carbonyl (C=O) groups excluding carboxylic acids is 2. The molecule has 0 fully saturated rings. The number of hydrogen-bond acceptors (Lipinski definition) is 4. The first-order valence-electron chi connectivity index (χ1n) is 4.31. The molecule has 0 aromatic carbocycles. The third-order valence-electron chi connectivity index (χ3n) is 1.51. The quantitative estimate of drug-likeness (QED) is 0.598. The van der Waals surface area contributed by atoms with Gasteiger partial charge in [0.2, 0.25) is 5.91 Å². The van der Waals surface area contributed by atoms with E-state index in [0.717, 1.165) is 7.11 Å². The predicted octanol–water partition coefficient (Wildman–Crippen LogP) is -0.481. The molecule has 5 nitrogen and oxygen atoms in total. The Balaban J connectivity index is 4.01. The fourth-order valence-electron chi connectivity index (χ4n) is 0.918. The van der Waals surface area contributed by atoms with Gasteiger partial charge in [-0.2, -0.15) is 0 Å². The smallest absolute Gasteiger partial charge is 0.329 e. The van der Waals surface area contributed by atoms with Crippen molar-refractivity contribution in [3.05, 3.63) is 0 Å². The highest BCUT2D eigenvalue weighted by Crippen LogP contribution is 1.90. The van der Waals surface area contributed by atoms with Gasteiger partial charge in [0.25, 0.3) is 6.43 Å². The van der Waals surface area contributed by atoms with Gasteiger partial charge in [0.15, 0.2) is 0 Å². The van der Waals surface area contributed by atoms with Gasteiger partial charge < -0.3 is 15.4 Å². The first kappa shape index (κ1) is 13.8. The molecule has 1 unspecified atom stereocenters. The SMILES string of the molecule is COC(=O)C(CNCC(F)F)NC(C)=O. The maximum Gasteiger partial charge on any atom is 0.329 e. The van der Waals surface area contributed by atoms with Crippen LogP contribution in [0.15, 0.2) is 0 Å². The van der Waals surface area contributed by atoms with Gasteiger partial charge in [-0.15, -0.1) is 0 Å². The van der Waals surface area contributed by atoms with Gasteiger partial charge in [0.05, 0.1) is 13.7 Å². The van der Waals surface area contributed by atoms with Crippen LogP contribution in [-0.2, 0) is 14.3 Å². The third-order valence-corrected chi connectivity index (χ3v) is 1.51. The zero-order valence-corrected chi connectivity index (χ0v) is 8.55. The second-order valence-corrected chi connectivity index (χ2v) is 2.83. The monoisotopic (exact) mass is 224 g/mol. The van der Waals surface area contributed by atoms with Crippen LogP contribution in [0.4, 0.5) is 8.78 Å². The van der Waals surface area contributed by atoms with Gasteiger partial charge in [-0.1, -0.05) is 0 Å². The first-order valence-corrected chi connectivity index (χ1v) is 4.31. The van der Waals surface area contributed by atoms with Gasteiger partial charge in [-0.05, 0) is 0 Å². The number of alkyl halides is 2. The average molecular weight is 224 g/mol. The Bertz CT molecular complexity index is 224. The molecule has 0 rings (SSSR count). The molecule has 0 radical (unpaired) electrons.